The van der Waals surface area contributed by atoms with E-state index in [0.29, 0.717) is 28.8 Å². The molecule has 1 heterocycles. The zero-order chi connectivity index (χ0) is 19.3. The Morgan fingerprint density at radius 3 is 2.46 bits per heavy atom. The van der Waals surface area contributed by atoms with Gasteiger partial charge in [-0.1, -0.05) is 11.6 Å². The minimum atomic E-state index is -0.165. The maximum Gasteiger partial charge on any atom is 0.238 e. The molecule has 26 heavy (non-hydrogen) atoms. The van der Waals surface area contributed by atoms with E-state index in [1.54, 1.807) is 12.1 Å². The summed E-state index contributed by atoms with van der Waals surface area (Å²) >= 11 is 6.15. The lowest BCUT2D eigenvalue weighted by Gasteiger charge is -2.25. The van der Waals surface area contributed by atoms with Gasteiger partial charge in [0.25, 0.3) is 0 Å². The minimum Gasteiger partial charge on any atom is -0.495 e. The summed E-state index contributed by atoms with van der Waals surface area (Å²) in [6, 6.07) is 7.27. The van der Waals surface area contributed by atoms with Gasteiger partial charge < -0.3 is 19.2 Å². The van der Waals surface area contributed by atoms with Crippen molar-refractivity contribution in [1.29, 1.82) is 0 Å². The molecule has 1 amide bonds. The zero-order valence-electron chi connectivity index (χ0n) is 15.8. The number of nitrogens with one attached hydrogen (secondary N) is 1. The molecule has 142 valence electrons. The molecule has 2 rings (SSSR count). The van der Waals surface area contributed by atoms with Crippen LogP contribution in [0.3, 0.4) is 0 Å². The molecule has 0 fully saturated rings. The summed E-state index contributed by atoms with van der Waals surface area (Å²) in [7, 11) is 3.05. The topological polar surface area (TPSA) is 63.9 Å². The molecule has 0 saturated carbocycles. The SMILES string of the molecule is COc1cc(OC)c(NC(=O)CN(Cc2ccc(C)o2)C(C)C)cc1Cl. The Bertz CT molecular complexity index is 758. The first-order valence-corrected chi connectivity index (χ1v) is 8.72. The third kappa shape index (κ3) is 5.16. The van der Waals surface area contributed by atoms with Crippen LogP contribution in [0.15, 0.2) is 28.7 Å². The molecule has 0 unspecified atom stereocenters. The highest BCUT2D eigenvalue weighted by atomic mass is 35.5. The smallest absolute Gasteiger partial charge is 0.238 e. The van der Waals surface area contributed by atoms with Gasteiger partial charge in [0.1, 0.15) is 23.0 Å². The molecule has 0 atom stereocenters. The Morgan fingerprint density at radius 1 is 1.23 bits per heavy atom. The molecule has 0 saturated heterocycles. The minimum absolute atomic E-state index is 0.165. The van der Waals surface area contributed by atoms with Crippen molar-refractivity contribution in [3.8, 4) is 11.5 Å². The van der Waals surface area contributed by atoms with E-state index in [2.05, 4.69) is 5.32 Å². The van der Waals surface area contributed by atoms with Crippen molar-refractivity contribution in [3.05, 3.63) is 40.8 Å². The molecule has 7 heteroatoms. The quantitative estimate of drug-likeness (QED) is 0.746. The van der Waals surface area contributed by atoms with Crippen molar-refractivity contribution in [1.82, 2.24) is 4.90 Å². The van der Waals surface area contributed by atoms with Crippen LogP contribution in [-0.2, 0) is 11.3 Å². The normalized spacial score (nSPS) is 11.1. The Morgan fingerprint density at radius 2 is 1.92 bits per heavy atom. The molecule has 1 N–H and O–H groups in total. The molecule has 0 aliphatic carbocycles. The number of methoxy groups -OCH3 is 2. The van der Waals surface area contributed by atoms with Gasteiger partial charge in [0.15, 0.2) is 0 Å². The largest absolute Gasteiger partial charge is 0.495 e. The van der Waals surface area contributed by atoms with Crippen LogP contribution in [-0.4, -0.2) is 37.6 Å². The Hall–Kier alpha value is -2.18. The number of rotatable bonds is 8. The lowest BCUT2D eigenvalue weighted by Crippen LogP contribution is -2.37. The van der Waals surface area contributed by atoms with Crippen molar-refractivity contribution in [2.75, 3.05) is 26.1 Å². The summed E-state index contributed by atoms with van der Waals surface area (Å²) in [5.74, 6) is 2.48. The van der Waals surface area contributed by atoms with Crippen molar-refractivity contribution in [3.63, 3.8) is 0 Å². The molecule has 0 aliphatic heterocycles. The number of benzene rings is 1. The van der Waals surface area contributed by atoms with Crippen molar-refractivity contribution in [2.24, 2.45) is 0 Å². The summed E-state index contributed by atoms with van der Waals surface area (Å²) in [5.41, 5.74) is 0.501. The van der Waals surface area contributed by atoms with Crippen LogP contribution in [0.25, 0.3) is 0 Å². The third-order valence-corrected chi connectivity index (χ3v) is 4.28. The number of ether oxygens (including phenoxy) is 2. The second-order valence-electron chi connectivity index (χ2n) is 6.25. The van der Waals surface area contributed by atoms with Gasteiger partial charge in [-0.05, 0) is 39.0 Å². The summed E-state index contributed by atoms with van der Waals surface area (Å²) in [5, 5.41) is 3.25. The predicted molar refractivity (Wildman–Crippen MR) is 102 cm³/mol. The summed E-state index contributed by atoms with van der Waals surface area (Å²) in [6.07, 6.45) is 0. The maximum atomic E-state index is 12.5. The van der Waals surface area contributed by atoms with Gasteiger partial charge in [-0.15, -0.1) is 0 Å². The standard InChI is InChI=1S/C19H25ClN2O4/c1-12(2)22(10-14-7-6-13(3)26-14)11-19(23)21-16-8-15(20)17(24-4)9-18(16)25-5/h6-9,12H,10-11H2,1-5H3,(H,21,23). The molecule has 0 aliphatic rings. The zero-order valence-corrected chi connectivity index (χ0v) is 16.5. The van der Waals surface area contributed by atoms with Crippen LogP contribution >= 0.6 is 11.6 Å². The summed E-state index contributed by atoms with van der Waals surface area (Å²) in [4.78, 5) is 14.6. The summed E-state index contributed by atoms with van der Waals surface area (Å²) in [6.45, 7) is 6.74. The molecule has 1 aromatic heterocycles. The first-order chi connectivity index (χ1) is 12.3. The van der Waals surface area contributed by atoms with Crippen molar-refractivity contribution >= 4 is 23.2 Å². The van der Waals surface area contributed by atoms with Crippen LogP contribution in [0.5, 0.6) is 11.5 Å². The maximum absolute atomic E-state index is 12.5. The highest BCUT2D eigenvalue weighted by Crippen LogP contribution is 2.35. The molecule has 1 aromatic carbocycles. The molecular formula is C19H25ClN2O4. The lowest BCUT2D eigenvalue weighted by molar-refractivity contribution is -0.117. The molecule has 0 bridgehead atoms. The second kappa shape index (κ2) is 8.96. The number of halogens is 1. The number of anilines is 1. The van der Waals surface area contributed by atoms with Gasteiger partial charge in [0.05, 0.1) is 38.0 Å². The number of hydrogen-bond donors (Lipinski definition) is 1. The van der Waals surface area contributed by atoms with Gasteiger partial charge in [0.2, 0.25) is 5.91 Å². The van der Waals surface area contributed by atoms with Crippen LogP contribution in [0, 0.1) is 6.92 Å². The fourth-order valence-corrected chi connectivity index (χ4v) is 2.76. The average molecular weight is 381 g/mol. The lowest BCUT2D eigenvalue weighted by atomic mass is 10.2. The molecular weight excluding hydrogens is 356 g/mol. The Kier molecular flexibility index (Phi) is 6.94. The fraction of sp³-hybridized carbons (Fsp3) is 0.421. The number of aryl methyl sites for hydroxylation is 1. The first kappa shape index (κ1) is 20.1. The van der Waals surface area contributed by atoms with Gasteiger partial charge in [-0.2, -0.15) is 0 Å². The van der Waals surface area contributed by atoms with E-state index in [4.69, 9.17) is 25.5 Å². The van der Waals surface area contributed by atoms with Crippen molar-refractivity contribution < 1.29 is 18.7 Å². The van der Waals surface area contributed by atoms with Gasteiger partial charge in [-0.25, -0.2) is 0 Å². The first-order valence-electron chi connectivity index (χ1n) is 8.34. The summed E-state index contributed by atoms with van der Waals surface area (Å²) < 4.78 is 16.1. The molecule has 6 nitrogen and oxygen atoms in total. The monoisotopic (exact) mass is 380 g/mol. The Labute approximate surface area is 159 Å². The van der Waals surface area contributed by atoms with Gasteiger partial charge >= 0.3 is 0 Å². The predicted octanol–water partition coefficient (Wildman–Crippen LogP) is 4.11. The van der Waals surface area contributed by atoms with Gasteiger partial charge in [0, 0.05) is 12.1 Å². The fourth-order valence-electron chi connectivity index (χ4n) is 2.52. The third-order valence-electron chi connectivity index (χ3n) is 3.98. The van der Waals surface area contributed by atoms with E-state index in [9.17, 15) is 4.79 Å². The van der Waals surface area contributed by atoms with E-state index in [-0.39, 0.29) is 18.5 Å². The number of amides is 1. The number of carbonyl (C=O) groups is 1. The highest BCUT2D eigenvalue weighted by molar-refractivity contribution is 6.32. The van der Waals surface area contributed by atoms with Gasteiger partial charge in [-0.3, -0.25) is 9.69 Å². The number of nitrogens with zero attached hydrogens (tertiary/aromatic N) is 1. The second-order valence-corrected chi connectivity index (χ2v) is 6.65. The molecule has 0 spiro atoms. The van der Waals surface area contributed by atoms with E-state index in [0.717, 1.165) is 11.5 Å². The van der Waals surface area contributed by atoms with E-state index >= 15 is 0 Å². The van der Waals surface area contributed by atoms with E-state index in [1.165, 1.54) is 14.2 Å². The van der Waals surface area contributed by atoms with Crippen molar-refractivity contribution in [2.45, 2.75) is 33.4 Å². The van der Waals surface area contributed by atoms with E-state index in [1.807, 2.05) is 37.8 Å². The van der Waals surface area contributed by atoms with E-state index < -0.39 is 0 Å². The average Bonchev–Trinajstić information content (AvgIpc) is 2.99. The van der Waals surface area contributed by atoms with Crippen LogP contribution in [0.1, 0.15) is 25.4 Å². The highest BCUT2D eigenvalue weighted by Gasteiger charge is 2.18. The number of furan rings is 1. The number of hydrogen-bond acceptors (Lipinski definition) is 5. The van der Waals surface area contributed by atoms with Crippen LogP contribution in [0.4, 0.5) is 5.69 Å². The number of carbonyl (C=O) groups excluding carboxylic acids is 1. The molecule has 0 radical (unpaired) electrons. The Balaban J connectivity index is 2.09. The van der Waals surface area contributed by atoms with Crippen LogP contribution < -0.4 is 14.8 Å². The van der Waals surface area contributed by atoms with Crippen LogP contribution in [0.2, 0.25) is 5.02 Å². The molecule has 2 aromatic rings.